The van der Waals surface area contributed by atoms with Crippen molar-refractivity contribution in [3.05, 3.63) is 0 Å². The first-order valence-electron chi connectivity index (χ1n) is 12.1. The number of ether oxygens (including phenoxy) is 1. The molecule has 4 heteroatoms. The first-order chi connectivity index (χ1) is 13.7. The van der Waals surface area contributed by atoms with Crippen LogP contribution in [0, 0.1) is 40.9 Å². The standard InChI is InChI=1S/C25H44O4/c1-6-8-9-13-21-18(4)19(14-15-25(21,5)7-2)16-29-24(28)20-12-10-11-17(3)22(20)23(26)27/h17-22H,6-16H2,1-5H3,(H,26,27). The van der Waals surface area contributed by atoms with Crippen LogP contribution in [0.3, 0.4) is 0 Å². The number of esters is 1. The third-order valence-electron chi connectivity index (χ3n) is 8.53. The van der Waals surface area contributed by atoms with E-state index in [1.807, 2.05) is 6.92 Å². The van der Waals surface area contributed by atoms with Gasteiger partial charge in [0.1, 0.15) is 0 Å². The SMILES string of the molecule is CCCCCC1C(C)C(COC(=O)C2CCCC(C)C2C(=O)O)CCC1(C)CC. The Kier molecular flexibility index (Phi) is 9.03. The number of carboxylic acid groups (broad SMARTS) is 1. The molecule has 1 N–H and O–H groups in total. The lowest BCUT2D eigenvalue weighted by atomic mass is 9.57. The molecule has 2 saturated carbocycles. The Labute approximate surface area is 178 Å². The van der Waals surface area contributed by atoms with Crippen LogP contribution in [0.25, 0.3) is 0 Å². The summed E-state index contributed by atoms with van der Waals surface area (Å²) in [5.74, 6) is -0.531. The van der Waals surface area contributed by atoms with Crippen molar-refractivity contribution in [3.8, 4) is 0 Å². The summed E-state index contributed by atoms with van der Waals surface area (Å²) in [6, 6.07) is 0. The van der Waals surface area contributed by atoms with Crippen molar-refractivity contribution in [2.24, 2.45) is 40.9 Å². The Hall–Kier alpha value is -1.06. The minimum Gasteiger partial charge on any atom is -0.481 e. The van der Waals surface area contributed by atoms with E-state index < -0.39 is 17.8 Å². The van der Waals surface area contributed by atoms with Crippen molar-refractivity contribution >= 4 is 11.9 Å². The van der Waals surface area contributed by atoms with Gasteiger partial charge in [-0.15, -0.1) is 0 Å². The number of carboxylic acids is 1. The van der Waals surface area contributed by atoms with Crippen molar-refractivity contribution in [1.82, 2.24) is 0 Å². The highest BCUT2D eigenvalue weighted by molar-refractivity contribution is 5.81. The fraction of sp³-hybridized carbons (Fsp3) is 0.920. The molecule has 0 heterocycles. The zero-order valence-electron chi connectivity index (χ0n) is 19.4. The van der Waals surface area contributed by atoms with E-state index in [4.69, 9.17) is 4.74 Å². The summed E-state index contributed by atoms with van der Waals surface area (Å²) < 4.78 is 5.79. The molecule has 2 rings (SSSR count). The van der Waals surface area contributed by atoms with Crippen LogP contribution in [-0.2, 0) is 14.3 Å². The van der Waals surface area contributed by atoms with Crippen LogP contribution in [0.2, 0.25) is 0 Å². The highest BCUT2D eigenvalue weighted by Crippen LogP contribution is 2.51. The lowest BCUT2D eigenvalue weighted by Gasteiger charge is -2.49. The summed E-state index contributed by atoms with van der Waals surface area (Å²) in [4.78, 5) is 24.5. The molecule has 7 atom stereocenters. The molecule has 29 heavy (non-hydrogen) atoms. The quantitative estimate of drug-likeness (QED) is 0.358. The predicted octanol–water partition coefficient (Wildman–Crippen LogP) is 6.33. The molecule has 2 aliphatic carbocycles. The first kappa shape index (κ1) is 24.2. The summed E-state index contributed by atoms with van der Waals surface area (Å²) in [7, 11) is 0. The molecule has 0 aromatic heterocycles. The van der Waals surface area contributed by atoms with Crippen molar-refractivity contribution < 1.29 is 19.4 Å². The van der Waals surface area contributed by atoms with Gasteiger partial charge in [0.15, 0.2) is 0 Å². The Morgan fingerprint density at radius 2 is 1.83 bits per heavy atom. The number of hydrogen-bond acceptors (Lipinski definition) is 3. The van der Waals surface area contributed by atoms with Gasteiger partial charge in [0.2, 0.25) is 0 Å². The molecule has 0 aliphatic heterocycles. The number of unbranched alkanes of at least 4 members (excludes halogenated alkanes) is 2. The molecule has 2 aliphatic rings. The van der Waals surface area contributed by atoms with Crippen LogP contribution < -0.4 is 0 Å². The molecular formula is C25H44O4. The van der Waals surface area contributed by atoms with E-state index >= 15 is 0 Å². The van der Waals surface area contributed by atoms with Crippen molar-refractivity contribution in [1.29, 1.82) is 0 Å². The Balaban J connectivity index is 1.98. The maximum absolute atomic E-state index is 12.8. The van der Waals surface area contributed by atoms with Gasteiger partial charge < -0.3 is 9.84 Å². The summed E-state index contributed by atoms with van der Waals surface area (Å²) in [6.07, 6.45) is 11.0. The van der Waals surface area contributed by atoms with E-state index in [9.17, 15) is 14.7 Å². The van der Waals surface area contributed by atoms with E-state index in [2.05, 4.69) is 27.7 Å². The highest BCUT2D eigenvalue weighted by atomic mass is 16.5. The fourth-order valence-corrected chi connectivity index (χ4v) is 6.22. The Bertz CT molecular complexity index is 545. The molecule has 0 bridgehead atoms. The average molecular weight is 409 g/mol. The van der Waals surface area contributed by atoms with E-state index in [-0.39, 0.29) is 11.9 Å². The number of hydrogen-bond donors (Lipinski definition) is 1. The number of rotatable bonds is 9. The minimum absolute atomic E-state index is 0.0422. The van der Waals surface area contributed by atoms with Gasteiger partial charge in [-0.3, -0.25) is 9.59 Å². The van der Waals surface area contributed by atoms with Gasteiger partial charge in [-0.2, -0.15) is 0 Å². The highest BCUT2D eigenvalue weighted by Gasteiger charge is 2.44. The van der Waals surface area contributed by atoms with Crippen molar-refractivity contribution in [3.63, 3.8) is 0 Å². The van der Waals surface area contributed by atoms with E-state index in [0.717, 1.165) is 19.3 Å². The van der Waals surface area contributed by atoms with Gasteiger partial charge in [0.25, 0.3) is 0 Å². The minimum atomic E-state index is -0.847. The van der Waals surface area contributed by atoms with E-state index in [1.165, 1.54) is 38.5 Å². The lowest BCUT2D eigenvalue weighted by Crippen LogP contribution is -2.43. The van der Waals surface area contributed by atoms with Gasteiger partial charge in [0.05, 0.1) is 18.4 Å². The Morgan fingerprint density at radius 1 is 1.10 bits per heavy atom. The second-order valence-electron chi connectivity index (χ2n) is 10.3. The fourth-order valence-electron chi connectivity index (χ4n) is 6.22. The topological polar surface area (TPSA) is 63.6 Å². The molecule has 168 valence electrons. The van der Waals surface area contributed by atoms with Crippen LogP contribution >= 0.6 is 0 Å². The van der Waals surface area contributed by atoms with Crippen LogP contribution in [-0.4, -0.2) is 23.7 Å². The third-order valence-corrected chi connectivity index (χ3v) is 8.53. The third kappa shape index (κ3) is 5.76. The van der Waals surface area contributed by atoms with Crippen LogP contribution in [0.15, 0.2) is 0 Å². The molecule has 0 aromatic rings. The zero-order valence-corrected chi connectivity index (χ0v) is 19.4. The average Bonchev–Trinajstić information content (AvgIpc) is 2.69. The van der Waals surface area contributed by atoms with Gasteiger partial charge in [-0.05, 0) is 61.2 Å². The molecule has 4 nitrogen and oxygen atoms in total. The zero-order chi connectivity index (χ0) is 21.6. The summed E-state index contributed by atoms with van der Waals surface area (Å²) in [5.41, 5.74) is 0.390. The van der Waals surface area contributed by atoms with Gasteiger partial charge >= 0.3 is 11.9 Å². The van der Waals surface area contributed by atoms with Crippen LogP contribution in [0.4, 0.5) is 0 Å². The van der Waals surface area contributed by atoms with Gasteiger partial charge in [-0.1, -0.05) is 66.7 Å². The largest absolute Gasteiger partial charge is 0.481 e. The molecule has 0 radical (unpaired) electrons. The number of aliphatic carboxylic acids is 1. The second kappa shape index (κ2) is 10.8. The predicted molar refractivity (Wildman–Crippen MR) is 117 cm³/mol. The van der Waals surface area contributed by atoms with Crippen LogP contribution in [0.5, 0.6) is 0 Å². The molecular weight excluding hydrogens is 364 g/mol. The monoisotopic (exact) mass is 408 g/mol. The molecule has 0 aromatic carbocycles. The second-order valence-corrected chi connectivity index (χ2v) is 10.3. The maximum Gasteiger partial charge on any atom is 0.309 e. The van der Waals surface area contributed by atoms with Gasteiger partial charge in [0, 0.05) is 0 Å². The van der Waals surface area contributed by atoms with E-state index in [1.54, 1.807) is 0 Å². The first-order valence-corrected chi connectivity index (χ1v) is 12.1. The van der Waals surface area contributed by atoms with Gasteiger partial charge in [-0.25, -0.2) is 0 Å². The number of carbonyl (C=O) groups is 2. The smallest absolute Gasteiger partial charge is 0.309 e. The molecule has 0 amide bonds. The summed E-state index contributed by atoms with van der Waals surface area (Å²) in [5, 5.41) is 9.60. The van der Waals surface area contributed by atoms with Crippen LogP contribution in [0.1, 0.15) is 98.8 Å². The molecule has 0 spiro atoms. The molecule has 2 fully saturated rings. The van der Waals surface area contributed by atoms with Crippen molar-refractivity contribution in [2.75, 3.05) is 6.61 Å². The summed E-state index contributed by atoms with van der Waals surface area (Å²) >= 11 is 0. The summed E-state index contributed by atoms with van der Waals surface area (Å²) in [6.45, 7) is 11.8. The lowest BCUT2D eigenvalue weighted by molar-refractivity contribution is -0.164. The molecule has 0 saturated heterocycles. The normalized spacial score (nSPS) is 37.8. The maximum atomic E-state index is 12.8. The Morgan fingerprint density at radius 3 is 2.45 bits per heavy atom. The van der Waals surface area contributed by atoms with E-state index in [0.29, 0.717) is 36.2 Å². The number of carbonyl (C=O) groups excluding carboxylic acids is 1. The van der Waals surface area contributed by atoms with Crippen molar-refractivity contribution in [2.45, 2.75) is 98.8 Å². The molecule has 7 unspecified atom stereocenters.